The number of hydrogen-bond acceptors (Lipinski definition) is 1. The molecule has 0 bridgehead atoms. The van der Waals surface area contributed by atoms with Crippen molar-refractivity contribution in [2.75, 3.05) is 5.73 Å². The summed E-state index contributed by atoms with van der Waals surface area (Å²) in [6, 6.07) is 6.42. The van der Waals surface area contributed by atoms with E-state index in [1.807, 2.05) is 0 Å². The Morgan fingerprint density at radius 3 is 2.40 bits per heavy atom. The molecule has 0 atom stereocenters. The number of unbranched alkanes of at least 4 members (excludes halogenated alkanes) is 1. The monoisotopic (exact) mass is 205 g/mol. The van der Waals surface area contributed by atoms with Crippen molar-refractivity contribution in [3.63, 3.8) is 0 Å². The second-order valence-electron chi connectivity index (χ2n) is 5.23. The first-order valence-corrected chi connectivity index (χ1v) is 5.84. The minimum absolute atomic E-state index is 0.145. The summed E-state index contributed by atoms with van der Waals surface area (Å²) < 4.78 is 0. The summed E-state index contributed by atoms with van der Waals surface area (Å²) in [5.74, 6) is 0. The molecule has 15 heavy (non-hydrogen) atoms. The normalized spacial score (nSPS) is 11.7. The van der Waals surface area contributed by atoms with Crippen LogP contribution in [0.2, 0.25) is 0 Å². The van der Waals surface area contributed by atoms with E-state index in [1.54, 1.807) is 0 Å². The van der Waals surface area contributed by atoms with Gasteiger partial charge >= 0.3 is 0 Å². The van der Waals surface area contributed by atoms with Crippen LogP contribution in [0.1, 0.15) is 51.7 Å². The van der Waals surface area contributed by atoms with E-state index < -0.39 is 0 Å². The number of nitrogen functional groups attached to an aromatic ring is 1. The fourth-order valence-electron chi connectivity index (χ4n) is 1.85. The van der Waals surface area contributed by atoms with Crippen molar-refractivity contribution in [2.24, 2.45) is 0 Å². The van der Waals surface area contributed by atoms with E-state index in [0.717, 1.165) is 12.1 Å². The van der Waals surface area contributed by atoms with Crippen molar-refractivity contribution in [3.8, 4) is 0 Å². The van der Waals surface area contributed by atoms with Gasteiger partial charge in [-0.2, -0.15) is 0 Å². The Kier molecular flexibility index (Phi) is 3.78. The fraction of sp³-hybridized carbons (Fsp3) is 0.571. The standard InChI is InChI=1S/C14H23N/c1-5-6-8-11-9-7-10-12(13(11)15)14(2,3)4/h7,9-10H,5-6,8,15H2,1-4H3. The van der Waals surface area contributed by atoms with E-state index in [1.165, 1.54) is 24.0 Å². The quantitative estimate of drug-likeness (QED) is 0.744. The highest BCUT2D eigenvalue weighted by Crippen LogP contribution is 2.30. The van der Waals surface area contributed by atoms with E-state index in [-0.39, 0.29) is 5.41 Å². The molecule has 0 radical (unpaired) electrons. The predicted octanol–water partition coefficient (Wildman–Crippen LogP) is 3.91. The lowest BCUT2D eigenvalue weighted by molar-refractivity contribution is 0.591. The molecule has 0 saturated heterocycles. The summed E-state index contributed by atoms with van der Waals surface area (Å²) in [6.45, 7) is 8.84. The minimum Gasteiger partial charge on any atom is -0.398 e. The molecule has 0 aliphatic rings. The number of aryl methyl sites for hydroxylation is 1. The summed E-state index contributed by atoms with van der Waals surface area (Å²) in [5.41, 5.74) is 9.94. The lowest BCUT2D eigenvalue weighted by Crippen LogP contribution is -2.15. The molecule has 0 fully saturated rings. The molecular weight excluding hydrogens is 182 g/mol. The molecule has 1 nitrogen and oxygen atoms in total. The molecule has 1 aromatic carbocycles. The number of rotatable bonds is 3. The highest BCUT2D eigenvalue weighted by Gasteiger charge is 2.17. The van der Waals surface area contributed by atoms with Gasteiger partial charge in [0.15, 0.2) is 0 Å². The summed E-state index contributed by atoms with van der Waals surface area (Å²) in [6.07, 6.45) is 3.54. The molecule has 0 aliphatic heterocycles. The second kappa shape index (κ2) is 4.69. The van der Waals surface area contributed by atoms with Gasteiger partial charge in [-0.25, -0.2) is 0 Å². The van der Waals surface area contributed by atoms with E-state index in [2.05, 4.69) is 45.9 Å². The maximum Gasteiger partial charge on any atom is 0.0384 e. The maximum absolute atomic E-state index is 6.21. The Morgan fingerprint density at radius 2 is 1.87 bits per heavy atom. The Bertz CT molecular complexity index is 321. The van der Waals surface area contributed by atoms with Crippen LogP contribution in [0.25, 0.3) is 0 Å². The van der Waals surface area contributed by atoms with Crippen LogP contribution in [0, 0.1) is 0 Å². The van der Waals surface area contributed by atoms with Gasteiger partial charge in [-0.1, -0.05) is 52.3 Å². The summed E-state index contributed by atoms with van der Waals surface area (Å²) in [7, 11) is 0. The smallest absolute Gasteiger partial charge is 0.0384 e. The van der Waals surface area contributed by atoms with Crippen LogP contribution in [-0.2, 0) is 11.8 Å². The van der Waals surface area contributed by atoms with E-state index in [9.17, 15) is 0 Å². The molecular formula is C14H23N. The van der Waals surface area contributed by atoms with Crippen molar-refractivity contribution in [1.29, 1.82) is 0 Å². The Hall–Kier alpha value is -0.980. The highest BCUT2D eigenvalue weighted by atomic mass is 14.6. The summed E-state index contributed by atoms with van der Waals surface area (Å²) in [5, 5.41) is 0. The number of anilines is 1. The van der Waals surface area contributed by atoms with Crippen LogP contribution in [-0.4, -0.2) is 0 Å². The van der Waals surface area contributed by atoms with Crippen LogP contribution >= 0.6 is 0 Å². The Balaban J connectivity index is 3.01. The zero-order chi connectivity index (χ0) is 11.5. The first-order valence-electron chi connectivity index (χ1n) is 5.84. The molecule has 1 aromatic rings. The molecule has 2 N–H and O–H groups in total. The van der Waals surface area contributed by atoms with E-state index in [0.29, 0.717) is 0 Å². The van der Waals surface area contributed by atoms with Crippen molar-refractivity contribution >= 4 is 5.69 Å². The van der Waals surface area contributed by atoms with Gasteiger partial charge in [0.1, 0.15) is 0 Å². The van der Waals surface area contributed by atoms with Gasteiger partial charge in [0.25, 0.3) is 0 Å². The van der Waals surface area contributed by atoms with Crippen molar-refractivity contribution in [3.05, 3.63) is 29.3 Å². The Morgan fingerprint density at radius 1 is 1.20 bits per heavy atom. The number of para-hydroxylation sites is 1. The molecule has 0 aliphatic carbocycles. The van der Waals surface area contributed by atoms with Gasteiger partial charge in [-0.15, -0.1) is 0 Å². The average molecular weight is 205 g/mol. The molecule has 0 aromatic heterocycles. The van der Waals surface area contributed by atoms with Crippen molar-refractivity contribution in [1.82, 2.24) is 0 Å². The van der Waals surface area contributed by atoms with E-state index >= 15 is 0 Å². The third kappa shape index (κ3) is 2.98. The lowest BCUT2D eigenvalue weighted by atomic mass is 9.84. The van der Waals surface area contributed by atoms with Crippen LogP contribution in [0.3, 0.4) is 0 Å². The molecule has 1 heteroatoms. The molecule has 0 unspecified atom stereocenters. The number of nitrogens with two attached hydrogens (primary N) is 1. The van der Waals surface area contributed by atoms with Gasteiger partial charge in [-0.05, 0) is 29.4 Å². The molecule has 0 saturated carbocycles. The molecule has 84 valence electrons. The highest BCUT2D eigenvalue weighted by molar-refractivity contribution is 5.56. The largest absolute Gasteiger partial charge is 0.398 e. The number of hydrogen-bond donors (Lipinski definition) is 1. The predicted molar refractivity (Wildman–Crippen MR) is 68.2 cm³/mol. The second-order valence-corrected chi connectivity index (χ2v) is 5.23. The van der Waals surface area contributed by atoms with Gasteiger partial charge < -0.3 is 5.73 Å². The van der Waals surface area contributed by atoms with Crippen LogP contribution < -0.4 is 5.73 Å². The van der Waals surface area contributed by atoms with Crippen molar-refractivity contribution < 1.29 is 0 Å². The third-order valence-corrected chi connectivity index (χ3v) is 2.80. The first-order chi connectivity index (χ1) is 6.96. The van der Waals surface area contributed by atoms with Crippen LogP contribution in [0.5, 0.6) is 0 Å². The molecule has 0 heterocycles. The molecule has 0 amide bonds. The lowest BCUT2D eigenvalue weighted by Gasteiger charge is -2.22. The zero-order valence-electron chi connectivity index (χ0n) is 10.4. The average Bonchev–Trinajstić information content (AvgIpc) is 2.14. The zero-order valence-corrected chi connectivity index (χ0v) is 10.4. The van der Waals surface area contributed by atoms with Gasteiger partial charge in [0.2, 0.25) is 0 Å². The van der Waals surface area contributed by atoms with Gasteiger partial charge in [-0.3, -0.25) is 0 Å². The third-order valence-electron chi connectivity index (χ3n) is 2.80. The van der Waals surface area contributed by atoms with Gasteiger partial charge in [0, 0.05) is 5.69 Å². The van der Waals surface area contributed by atoms with E-state index in [4.69, 9.17) is 5.73 Å². The first kappa shape index (κ1) is 12.1. The topological polar surface area (TPSA) is 26.0 Å². The Labute approximate surface area is 93.7 Å². The SMILES string of the molecule is CCCCc1cccc(C(C)(C)C)c1N. The summed E-state index contributed by atoms with van der Waals surface area (Å²) in [4.78, 5) is 0. The fourth-order valence-corrected chi connectivity index (χ4v) is 1.85. The van der Waals surface area contributed by atoms with Crippen LogP contribution in [0.15, 0.2) is 18.2 Å². The molecule has 0 spiro atoms. The minimum atomic E-state index is 0.145. The van der Waals surface area contributed by atoms with Crippen molar-refractivity contribution in [2.45, 2.75) is 52.4 Å². The van der Waals surface area contributed by atoms with Crippen LogP contribution in [0.4, 0.5) is 5.69 Å². The molecule has 1 rings (SSSR count). The number of benzene rings is 1. The summed E-state index contributed by atoms with van der Waals surface area (Å²) >= 11 is 0. The maximum atomic E-state index is 6.21. The van der Waals surface area contributed by atoms with Gasteiger partial charge in [0.05, 0.1) is 0 Å².